The highest BCUT2D eigenvalue weighted by atomic mass is 35.5. The van der Waals surface area contributed by atoms with Gasteiger partial charge in [-0.3, -0.25) is 14.2 Å². The molecule has 142 valence electrons. The lowest BCUT2D eigenvalue weighted by Gasteiger charge is -2.44. The van der Waals surface area contributed by atoms with Gasteiger partial charge in [0.25, 0.3) is 11.5 Å². The van der Waals surface area contributed by atoms with E-state index in [0.29, 0.717) is 27.9 Å². The highest BCUT2D eigenvalue weighted by Crippen LogP contribution is 2.28. The van der Waals surface area contributed by atoms with Gasteiger partial charge >= 0.3 is 0 Å². The zero-order chi connectivity index (χ0) is 19.0. The van der Waals surface area contributed by atoms with Crippen LogP contribution in [0.5, 0.6) is 5.75 Å². The summed E-state index contributed by atoms with van der Waals surface area (Å²) in [5.74, 6) is 0.872. The minimum Gasteiger partial charge on any atom is -0.495 e. The molecule has 5 rings (SSSR count). The lowest BCUT2D eigenvalue weighted by molar-refractivity contribution is 0.0620. The maximum absolute atomic E-state index is 12.8. The number of pyridine rings is 1. The number of amides is 1. The summed E-state index contributed by atoms with van der Waals surface area (Å²) in [4.78, 5) is 27.5. The number of piperidine rings is 3. The fourth-order valence-electron chi connectivity index (χ4n) is 4.00. The molecule has 1 aromatic carbocycles. The van der Waals surface area contributed by atoms with Crippen LogP contribution >= 0.6 is 11.6 Å². The average molecular weight is 388 g/mol. The molecule has 1 N–H and O–H groups in total. The minimum atomic E-state index is -0.223. The van der Waals surface area contributed by atoms with Crippen LogP contribution in [0.15, 0.2) is 41.3 Å². The molecule has 7 heteroatoms. The van der Waals surface area contributed by atoms with Crippen LogP contribution in [0.2, 0.25) is 5.02 Å². The van der Waals surface area contributed by atoms with Gasteiger partial charge in [0.05, 0.1) is 23.4 Å². The van der Waals surface area contributed by atoms with Crippen molar-refractivity contribution in [1.29, 1.82) is 0 Å². The van der Waals surface area contributed by atoms with E-state index in [1.807, 2.05) is 0 Å². The summed E-state index contributed by atoms with van der Waals surface area (Å²) in [6, 6.07) is 8.23. The second kappa shape index (κ2) is 7.37. The molecule has 4 heterocycles. The minimum absolute atomic E-state index is 0.150. The Hall–Kier alpha value is -2.31. The number of nitrogens with one attached hydrogen (secondary N) is 1. The van der Waals surface area contributed by atoms with Gasteiger partial charge in [-0.2, -0.15) is 0 Å². The Kier molecular flexibility index (Phi) is 4.93. The van der Waals surface area contributed by atoms with Crippen LogP contribution in [0.1, 0.15) is 23.2 Å². The number of nitrogens with zero attached hydrogens (tertiary/aromatic N) is 2. The van der Waals surface area contributed by atoms with Crippen LogP contribution in [-0.4, -0.2) is 48.2 Å². The SMILES string of the molecule is COc1cc(-n2cc(C(=O)NC3CN4CCC3CC4)ccc2=O)ccc1Cl. The van der Waals surface area contributed by atoms with Crippen LogP contribution in [0, 0.1) is 5.92 Å². The number of rotatable bonds is 4. The van der Waals surface area contributed by atoms with E-state index in [1.54, 1.807) is 30.5 Å². The van der Waals surface area contributed by atoms with Crippen LogP contribution in [0.25, 0.3) is 5.69 Å². The Balaban J connectivity index is 1.58. The molecule has 1 aromatic heterocycles. The topological polar surface area (TPSA) is 63.6 Å². The number of carbonyl (C=O) groups excluding carboxylic acids is 1. The summed E-state index contributed by atoms with van der Waals surface area (Å²) >= 11 is 6.06. The predicted octanol–water partition coefficient (Wildman–Crippen LogP) is 2.32. The molecule has 0 spiro atoms. The van der Waals surface area contributed by atoms with E-state index >= 15 is 0 Å². The molecule has 3 aliphatic rings. The average Bonchev–Trinajstić information content (AvgIpc) is 2.70. The molecule has 3 fully saturated rings. The van der Waals surface area contributed by atoms with Crippen LogP contribution in [0.3, 0.4) is 0 Å². The number of halogens is 1. The van der Waals surface area contributed by atoms with Gasteiger partial charge in [0, 0.05) is 30.9 Å². The normalized spacial score (nSPS) is 23.9. The molecule has 3 saturated heterocycles. The first kappa shape index (κ1) is 18.1. The fourth-order valence-corrected chi connectivity index (χ4v) is 4.20. The molecule has 3 aliphatic heterocycles. The number of hydrogen-bond donors (Lipinski definition) is 1. The third kappa shape index (κ3) is 3.59. The van der Waals surface area contributed by atoms with Gasteiger partial charge in [-0.05, 0) is 50.0 Å². The quantitative estimate of drug-likeness (QED) is 0.874. The standard InChI is InChI=1S/C20H22ClN3O3/c1-27-18-10-15(3-4-16(18)21)24-11-14(2-5-19(24)25)20(26)22-17-12-23-8-6-13(17)7-9-23/h2-5,10-11,13,17H,6-9,12H2,1H3,(H,22,26). The number of carbonyl (C=O) groups is 1. The smallest absolute Gasteiger partial charge is 0.255 e. The van der Waals surface area contributed by atoms with Crippen LogP contribution < -0.4 is 15.6 Å². The molecule has 1 atom stereocenters. The van der Waals surface area contributed by atoms with Crippen molar-refractivity contribution in [2.45, 2.75) is 18.9 Å². The monoisotopic (exact) mass is 387 g/mol. The third-order valence-electron chi connectivity index (χ3n) is 5.56. The Morgan fingerprint density at radius 3 is 2.67 bits per heavy atom. The Morgan fingerprint density at radius 1 is 1.22 bits per heavy atom. The van der Waals surface area contributed by atoms with Gasteiger partial charge in [0.1, 0.15) is 5.75 Å². The summed E-state index contributed by atoms with van der Waals surface area (Å²) < 4.78 is 6.66. The first-order chi connectivity index (χ1) is 13.0. The molecule has 0 saturated carbocycles. The lowest BCUT2D eigenvalue weighted by atomic mass is 9.84. The highest BCUT2D eigenvalue weighted by molar-refractivity contribution is 6.32. The molecule has 1 amide bonds. The number of hydrogen-bond acceptors (Lipinski definition) is 4. The van der Waals surface area contributed by atoms with E-state index in [-0.39, 0.29) is 17.5 Å². The largest absolute Gasteiger partial charge is 0.495 e. The summed E-state index contributed by atoms with van der Waals surface area (Å²) in [6.45, 7) is 3.16. The molecule has 27 heavy (non-hydrogen) atoms. The van der Waals surface area contributed by atoms with Gasteiger partial charge < -0.3 is 15.0 Å². The van der Waals surface area contributed by atoms with Crippen LogP contribution in [-0.2, 0) is 0 Å². The van der Waals surface area contributed by atoms with E-state index < -0.39 is 0 Å². The van der Waals surface area contributed by atoms with E-state index in [1.165, 1.54) is 17.7 Å². The van der Waals surface area contributed by atoms with Gasteiger partial charge in [-0.1, -0.05) is 11.6 Å². The highest BCUT2D eigenvalue weighted by Gasteiger charge is 2.35. The molecule has 2 bridgehead atoms. The molecule has 1 unspecified atom stereocenters. The van der Waals surface area contributed by atoms with Crippen molar-refractivity contribution in [2.75, 3.05) is 26.7 Å². The maximum Gasteiger partial charge on any atom is 0.255 e. The maximum atomic E-state index is 12.8. The molecule has 2 aromatic rings. The van der Waals surface area contributed by atoms with Crippen molar-refractivity contribution in [3.8, 4) is 11.4 Å². The van der Waals surface area contributed by atoms with E-state index in [2.05, 4.69) is 10.2 Å². The fraction of sp³-hybridized carbons (Fsp3) is 0.400. The second-order valence-corrected chi connectivity index (χ2v) is 7.57. The lowest BCUT2D eigenvalue weighted by Crippen LogP contribution is -2.57. The van der Waals surface area contributed by atoms with E-state index in [0.717, 1.165) is 32.5 Å². The zero-order valence-corrected chi connectivity index (χ0v) is 15.9. The Morgan fingerprint density at radius 2 is 2.00 bits per heavy atom. The first-order valence-electron chi connectivity index (χ1n) is 9.15. The van der Waals surface area contributed by atoms with Gasteiger partial charge in [0.15, 0.2) is 0 Å². The van der Waals surface area contributed by atoms with Crippen LogP contribution in [0.4, 0.5) is 0 Å². The number of ether oxygens (including phenoxy) is 1. The van der Waals surface area contributed by atoms with Crippen molar-refractivity contribution in [3.63, 3.8) is 0 Å². The molecule has 0 radical (unpaired) electrons. The number of methoxy groups -OCH3 is 1. The predicted molar refractivity (Wildman–Crippen MR) is 104 cm³/mol. The second-order valence-electron chi connectivity index (χ2n) is 7.16. The molecular formula is C20H22ClN3O3. The van der Waals surface area contributed by atoms with Crippen molar-refractivity contribution < 1.29 is 9.53 Å². The Bertz CT molecular complexity index is 919. The molecule has 6 nitrogen and oxygen atoms in total. The van der Waals surface area contributed by atoms with Crippen molar-refractivity contribution in [1.82, 2.24) is 14.8 Å². The molecule has 0 aliphatic carbocycles. The molecular weight excluding hydrogens is 366 g/mol. The van der Waals surface area contributed by atoms with E-state index in [4.69, 9.17) is 16.3 Å². The summed E-state index contributed by atoms with van der Waals surface area (Å²) in [5.41, 5.74) is 0.831. The Labute approximate surface area is 162 Å². The third-order valence-corrected chi connectivity index (χ3v) is 5.87. The van der Waals surface area contributed by atoms with Crippen molar-refractivity contribution in [2.24, 2.45) is 5.92 Å². The summed E-state index contributed by atoms with van der Waals surface area (Å²) in [5, 5.41) is 3.62. The number of benzene rings is 1. The number of aromatic nitrogens is 1. The van der Waals surface area contributed by atoms with Crippen molar-refractivity contribution >= 4 is 17.5 Å². The van der Waals surface area contributed by atoms with E-state index in [9.17, 15) is 9.59 Å². The van der Waals surface area contributed by atoms with Crippen molar-refractivity contribution in [3.05, 3.63) is 57.5 Å². The first-order valence-corrected chi connectivity index (χ1v) is 9.53. The van der Waals surface area contributed by atoms with Gasteiger partial charge in [-0.25, -0.2) is 0 Å². The summed E-state index contributed by atoms with van der Waals surface area (Å²) in [7, 11) is 1.52. The summed E-state index contributed by atoms with van der Waals surface area (Å²) in [6.07, 6.45) is 3.84. The van der Waals surface area contributed by atoms with Gasteiger partial charge in [-0.15, -0.1) is 0 Å². The number of fused-ring (bicyclic) bond motifs is 3. The zero-order valence-electron chi connectivity index (χ0n) is 15.2. The van der Waals surface area contributed by atoms with Gasteiger partial charge in [0.2, 0.25) is 0 Å².